The molecule has 1 heteroatoms. The minimum absolute atomic E-state index is 0.740. The Hall–Kier alpha value is -0.0400. The van der Waals surface area contributed by atoms with Gasteiger partial charge in [-0.05, 0) is 18.8 Å². The molecular formula is C11H22O. The third-order valence-electron chi connectivity index (χ3n) is 2.11. The summed E-state index contributed by atoms with van der Waals surface area (Å²) in [5, 5.41) is 0. The van der Waals surface area contributed by atoms with E-state index in [4.69, 9.17) is 4.74 Å². The highest BCUT2D eigenvalue weighted by Gasteiger charge is 2.05. The van der Waals surface area contributed by atoms with E-state index < -0.39 is 0 Å². The Morgan fingerprint density at radius 1 is 1.25 bits per heavy atom. The molecule has 1 nitrogen and oxygen atoms in total. The maximum Gasteiger partial charge on any atom is 0.131 e. The smallest absolute Gasteiger partial charge is 0.131 e. The van der Waals surface area contributed by atoms with E-state index in [1.54, 1.807) is 0 Å². The van der Waals surface area contributed by atoms with Gasteiger partial charge in [0.1, 0.15) is 6.61 Å². The Kier molecular flexibility index (Phi) is 9.02. The normalized spacial score (nSPS) is 13.2. The minimum atomic E-state index is 0.740. The van der Waals surface area contributed by atoms with Gasteiger partial charge in [-0.1, -0.05) is 40.0 Å². The molecular weight excluding hydrogens is 148 g/mol. The first-order valence-corrected chi connectivity index (χ1v) is 5.19. The van der Waals surface area contributed by atoms with Crippen molar-refractivity contribution in [1.29, 1.82) is 0 Å². The van der Waals surface area contributed by atoms with E-state index in [-0.39, 0.29) is 0 Å². The topological polar surface area (TPSA) is 9.23 Å². The van der Waals surface area contributed by atoms with Gasteiger partial charge < -0.3 is 4.74 Å². The van der Waals surface area contributed by atoms with Gasteiger partial charge in [-0.15, -0.1) is 0 Å². The van der Waals surface area contributed by atoms with Gasteiger partial charge >= 0.3 is 0 Å². The van der Waals surface area contributed by atoms with Crippen molar-refractivity contribution in [1.82, 2.24) is 0 Å². The maximum absolute atomic E-state index is 5.28. The zero-order valence-electron chi connectivity index (χ0n) is 8.73. The van der Waals surface area contributed by atoms with E-state index in [9.17, 15) is 0 Å². The number of hydrogen-bond donors (Lipinski definition) is 0. The summed E-state index contributed by atoms with van der Waals surface area (Å²) in [6.07, 6.45) is 6.04. The highest BCUT2D eigenvalue weighted by atomic mass is 16.5. The zero-order chi connectivity index (χ0) is 9.23. The molecule has 0 aliphatic rings. The molecule has 2 radical (unpaired) electrons. The van der Waals surface area contributed by atoms with Crippen LogP contribution in [0.3, 0.4) is 0 Å². The second kappa shape index (κ2) is 9.05. The molecule has 0 rings (SSSR count). The standard InChI is InChI=1S/C11H22O/c1-4-7-8-11(6-3)10-12-9-5-2/h11H,4-8,10H2,1-3H3. The summed E-state index contributed by atoms with van der Waals surface area (Å²) in [4.78, 5) is 0. The molecule has 0 N–H and O–H groups in total. The summed E-state index contributed by atoms with van der Waals surface area (Å²) >= 11 is 0. The van der Waals surface area contributed by atoms with Gasteiger partial charge in [0.2, 0.25) is 0 Å². The van der Waals surface area contributed by atoms with Crippen molar-refractivity contribution in [2.75, 3.05) is 6.61 Å². The van der Waals surface area contributed by atoms with Crippen LogP contribution in [0.2, 0.25) is 0 Å². The van der Waals surface area contributed by atoms with E-state index in [1.807, 2.05) is 6.92 Å². The molecule has 1 atom stereocenters. The van der Waals surface area contributed by atoms with Crippen molar-refractivity contribution < 1.29 is 4.74 Å². The summed E-state index contributed by atoms with van der Waals surface area (Å²) in [6, 6.07) is 0. The average molecular weight is 170 g/mol. The van der Waals surface area contributed by atoms with Crippen LogP contribution in [0.1, 0.15) is 52.9 Å². The fourth-order valence-corrected chi connectivity index (χ4v) is 1.18. The Bertz CT molecular complexity index is 81.1. The van der Waals surface area contributed by atoms with E-state index in [2.05, 4.69) is 20.5 Å². The van der Waals surface area contributed by atoms with Crippen LogP contribution in [0.25, 0.3) is 0 Å². The van der Waals surface area contributed by atoms with Gasteiger partial charge in [-0.25, -0.2) is 0 Å². The van der Waals surface area contributed by atoms with Gasteiger partial charge in [-0.2, -0.15) is 0 Å². The van der Waals surface area contributed by atoms with Gasteiger partial charge in [0, 0.05) is 0 Å². The van der Waals surface area contributed by atoms with Crippen molar-refractivity contribution in [3.8, 4) is 0 Å². The van der Waals surface area contributed by atoms with Crippen molar-refractivity contribution in [2.24, 2.45) is 5.92 Å². The van der Waals surface area contributed by atoms with Gasteiger partial charge in [0.15, 0.2) is 0 Å². The van der Waals surface area contributed by atoms with Crippen LogP contribution in [-0.4, -0.2) is 6.61 Å². The van der Waals surface area contributed by atoms with Gasteiger partial charge in [0.05, 0.1) is 6.61 Å². The molecule has 0 aromatic heterocycles. The molecule has 0 bridgehead atoms. The monoisotopic (exact) mass is 170 g/mol. The molecule has 0 spiro atoms. The predicted octanol–water partition coefficient (Wildman–Crippen LogP) is 3.67. The molecule has 12 heavy (non-hydrogen) atoms. The second-order valence-corrected chi connectivity index (χ2v) is 3.23. The number of ether oxygens (including phenoxy) is 1. The molecule has 0 saturated carbocycles. The van der Waals surface area contributed by atoms with Crippen LogP contribution in [0.15, 0.2) is 0 Å². The average Bonchev–Trinajstić information content (AvgIpc) is 2.11. The predicted molar refractivity (Wildman–Crippen MR) is 52.8 cm³/mol. The summed E-state index contributed by atoms with van der Waals surface area (Å²) in [6.45, 7) is 10.3. The van der Waals surface area contributed by atoms with Crippen LogP contribution in [0, 0.1) is 12.5 Å². The third-order valence-corrected chi connectivity index (χ3v) is 2.11. The molecule has 0 aliphatic carbocycles. The van der Waals surface area contributed by atoms with Crippen LogP contribution in [-0.2, 0) is 4.74 Å². The summed E-state index contributed by atoms with van der Waals surface area (Å²) < 4.78 is 5.28. The van der Waals surface area contributed by atoms with Crippen molar-refractivity contribution in [3.05, 3.63) is 6.61 Å². The fourth-order valence-electron chi connectivity index (χ4n) is 1.18. The van der Waals surface area contributed by atoms with Crippen molar-refractivity contribution in [2.45, 2.75) is 52.9 Å². The second-order valence-electron chi connectivity index (χ2n) is 3.23. The molecule has 0 aromatic carbocycles. The van der Waals surface area contributed by atoms with Crippen LogP contribution in [0.4, 0.5) is 0 Å². The van der Waals surface area contributed by atoms with Crippen LogP contribution in [0.5, 0.6) is 0 Å². The first-order valence-electron chi connectivity index (χ1n) is 5.19. The lowest BCUT2D eigenvalue weighted by molar-refractivity contribution is 0.142. The summed E-state index contributed by atoms with van der Waals surface area (Å²) in [5.74, 6) is 0.740. The van der Waals surface area contributed by atoms with Crippen molar-refractivity contribution >= 4 is 0 Å². The first-order chi connectivity index (χ1) is 5.85. The lowest BCUT2D eigenvalue weighted by Gasteiger charge is -2.13. The Balaban J connectivity index is 3.26. The molecule has 72 valence electrons. The Labute approximate surface area is 77.5 Å². The quantitative estimate of drug-likeness (QED) is 0.505. The van der Waals surface area contributed by atoms with E-state index in [0.717, 1.165) is 18.9 Å². The van der Waals surface area contributed by atoms with Crippen LogP contribution < -0.4 is 0 Å². The number of unbranched alkanes of at least 4 members (excludes halogenated alkanes) is 1. The largest absolute Gasteiger partial charge is 0.368 e. The third kappa shape index (κ3) is 6.66. The molecule has 0 amide bonds. The minimum Gasteiger partial charge on any atom is -0.368 e. The zero-order valence-corrected chi connectivity index (χ0v) is 8.73. The molecule has 0 fully saturated rings. The van der Waals surface area contributed by atoms with Gasteiger partial charge in [-0.3, -0.25) is 0 Å². The van der Waals surface area contributed by atoms with Gasteiger partial charge in [0.25, 0.3) is 0 Å². The maximum atomic E-state index is 5.28. The number of rotatable bonds is 8. The SMILES string of the molecule is CC[C]OCC(CC)CCCC. The highest BCUT2D eigenvalue weighted by molar-refractivity contribution is 4.57. The fraction of sp³-hybridized carbons (Fsp3) is 0.909. The Morgan fingerprint density at radius 3 is 2.50 bits per heavy atom. The van der Waals surface area contributed by atoms with E-state index in [0.29, 0.717) is 0 Å². The molecule has 1 unspecified atom stereocenters. The molecule has 0 aliphatic heterocycles. The number of hydrogen-bond acceptors (Lipinski definition) is 1. The summed E-state index contributed by atoms with van der Waals surface area (Å²) in [5.41, 5.74) is 0. The highest BCUT2D eigenvalue weighted by Crippen LogP contribution is 2.13. The lowest BCUT2D eigenvalue weighted by atomic mass is 10.0. The first kappa shape index (κ1) is 12.0. The van der Waals surface area contributed by atoms with E-state index >= 15 is 0 Å². The Morgan fingerprint density at radius 2 is 2.00 bits per heavy atom. The molecule has 0 saturated heterocycles. The summed E-state index contributed by atoms with van der Waals surface area (Å²) in [7, 11) is 0. The lowest BCUT2D eigenvalue weighted by Crippen LogP contribution is -2.07. The van der Waals surface area contributed by atoms with E-state index in [1.165, 1.54) is 25.7 Å². The molecule has 0 aromatic rings. The van der Waals surface area contributed by atoms with Crippen LogP contribution >= 0.6 is 0 Å². The van der Waals surface area contributed by atoms with Crippen molar-refractivity contribution in [3.63, 3.8) is 0 Å². The molecule has 0 heterocycles.